The van der Waals surface area contributed by atoms with Crippen LogP contribution in [0.4, 0.5) is 10.2 Å². The molecule has 1 aromatic carbocycles. The Hall–Kier alpha value is -2.44. The molecular formula is C15H17FN4O2. The van der Waals surface area contributed by atoms with Crippen molar-refractivity contribution in [1.29, 1.82) is 0 Å². The molecule has 2 aromatic rings. The van der Waals surface area contributed by atoms with Crippen molar-refractivity contribution < 1.29 is 13.9 Å². The first-order chi connectivity index (χ1) is 10.6. The summed E-state index contributed by atoms with van der Waals surface area (Å²) >= 11 is 0. The largest absolute Gasteiger partial charge is 0.494 e. The number of anilines is 1. The van der Waals surface area contributed by atoms with E-state index in [-0.39, 0.29) is 11.7 Å². The number of hydrogen-bond donors (Lipinski definition) is 0. The molecule has 0 bridgehead atoms. The van der Waals surface area contributed by atoms with Crippen LogP contribution in [0.1, 0.15) is 6.42 Å². The Morgan fingerprint density at radius 1 is 1.23 bits per heavy atom. The molecule has 116 valence electrons. The van der Waals surface area contributed by atoms with Crippen LogP contribution in [0.5, 0.6) is 5.75 Å². The van der Waals surface area contributed by atoms with Crippen molar-refractivity contribution in [2.24, 2.45) is 0 Å². The van der Waals surface area contributed by atoms with Gasteiger partial charge >= 0.3 is 0 Å². The molecule has 1 fully saturated rings. The first-order valence-corrected chi connectivity index (χ1v) is 7.07. The van der Waals surface area contributed by atoms with Gasteiger partial charge in [0.1, 0.15) is 12.1 Å². The van der Waals surface area contributed by atoms with E-state index in [0.29, 0.717) is 37.4 Å². The van der Waals surface area contributed by atoms with Crippen LogP contribution < -0.4 is 9.64 Å². The summed E-state index contributed by atoms with van der Waals surface area (Å²) in [5, 5.41) is 0.720. The Labute approximate surface area is 127 Å². The standard InChI is InChI=1S/C15H17FN4O2/c1-19-5-6-20(4-3-14(19)21)15-10-7-13(22-2)11(16)8-12(10)17-9-18-15/h7-9H,3-6H2,1-2H3. The Bertz CT molecular complexity index is 722. The maximum atomic E-state index is 13.8. The topological polar surface area (TPSA) is 58.6 Å². The van der Waals surface area contributed by atoms with E-state index in [0.717, 1.165) is 5.39 Å². The number of halogens is 1. The highest BCUT2D eigenvalue weighted by Gasteiger charge is 2.21. The third-order valence-corrected chi connectivity index (χ3v) is 3.91. The lowest BCUT2D eigenvalue weighted by molar-refractivity contribution is -0.129. The maximum Gasteiger partial charge on any atom is 0.224 e. The second kappa shape index (κ2) is 5.75. The number of aromatic nitrogens is 2. The predicted molar refractivity (Wildman–Crippen MR) is 80.5 cm³/mol. The fourth-order valence-electron chi connectivity index (χ4n) is 2.59. The van der Waals surface area contributed by atoms with Gasteiger partial charge in [-0.3, -0.25) is 4.79 Å². The van der Waals surface area contributed by atoms with Crippen LogP contribution >= 0.6 is 0 Å². The second-order valence-corrected chi connectivity index (χ2v) is 5.25. The van der Waals surface area contributed by atoms with Crippen LogP contribution in [-0.2, 0) is 4.79 Å². The van der Waals surface area contributed by atoms with E-state index in [1.165, 1.54) is 19.5 Å². The fourth-order valence-corrected chi connectivity index (χ4v) is 2.59. The number of carbonyl (C=O) groups excluding carboxylic acids is 1. The number of fused-ring (bicyclic) bond motifs is 1. The van der Waals surface area contributed by atoms with Crippen molar-refractivity contribution in [1.82, 2.24) is 14.9 Å². The second-order valence-electron chi connectivity index (χ2n) is 5.25. The lowest BCUT2D eigenvalue weighted by Gasteiger charge is -2.22. The smallest absolute Gasteiger partial charge is 0.224 e. The molecular weight excluding hydrogens is 287 g/mol. The van der Waals surface area contributed by atoms with E-state index in [4.69, 9.17) is 4.74 Å². The summed E-state index contributed by atoms with van der Waals surface area (Å²) in [7, 11) is 3.22. The van der Waals surface area contributed by atoms with Gasteiger partial charge in [0, 0.05) is 44.6 Å². The molecule has 3 rings (SSSR count). The van der Waals surface area contributed by atoms with Crippen molar-refractivity contribution in [3.63, 3.8) is 0 Å². The number of ether oxygens (including phenoxy) is 1. The average Bonchev–Trinajstić information content (AvgIpc) is 2.68. The van der Waals surface area contributed by atoms with Crippen LogP contribution in [0.2, 0.25) is 0 Å². The van der Waals surface area contributed by atoms with Crippen molar-refractivity contribution in [2.75, 3.05) is 38.7 Å². The zero-order valence-electron chi connectivity index (χ0n) is 12.5. The molecule has 0 spiro atoms. The molecule has 1 aliphatic heterocycles. The summed E-state index contributed by atoms with van der Waals surface area (Å²) in [6, 6.07) is 2.95. The van der Waals surface area contributed by atoms with Gasteiger partial charge in [-0.2, -0.15) is 0 Å². The van der Waals surface area contributed by atoms with Crippen molar-refractivity contribution >= 4 is 22.6 Å². The van der Waals surface area contributed by atoms with Gasteiger partial charge in [0.25, 0.3) is 0 Å². The number of amides is 1. The summed E-state index contributed by atoms with van der Waals surface area (Å²) in [6.07, 6.45) is 1.85. The highest BCUT2D eigenvalue weighted by atomic mass is 19.1. The molecule has 7 heteroatoms. The van der Waals surface area contributed by atoms with Crippen molar-refractivity contribution in [3.8, 4) is 5.75 Å². The summed E-state index contributed by atoms with van der Waals surface area (Å²) in [6.45, 7) is 1.88. The summed E-state index contributed by atoms with van der Waals surface area (Å²) in [5.41, 5.74) is 0.521. The van der Waals surface area contributed by atoms with Crippen LogP contribution in [0.15, 0.2) is 18.5 Å². The first-order valence-electron chi connectivity index (χ1n) is 7.07. The molecule has 1 aliphatic rings. The summed E-state index contributed by atoms with van der Waals surface area (Å²) in [4.78, 5) is 24.0. The number of benzene rings is 1. The van der Waals surface area contributed by atoms with Gasteiger partial charge < -0.3 is 14.5 Å². The Balaban J connectivity index is 2.04. The van der Waals surface area contributed by atoms with Crippen molar-refractivity contribution in [2.45, 2.75) is 6.42 Å². The SMILES string of the molecule is COc1cc2c(N3CCC(=O)N(C)CC3)ncnc2cc1F. The molecule has 0 radical (unpaired) electrons. The molecule has 0 unspecified atom stereocenters. The van der Waals surface area contributed by atoms with Gasteiger partial charge in [-0.1, -0.05) is 0 Å². The molecule has 0 aliphatic carbocycles. The molecule has 0 N–H and O–H groups in total. The van der Waals surface area contributed by atoms with Crippen LogP contribution in [0, 0.1) is 5.82 Å². The van der Waals surface area contributed by atoms with E-state index in [9.17, 15) is 9.18 Å². The number of carbonyl (C=O) groups is 1. The van der Waals surface area contributed by atoms with E-state index >= 15 is 0 Å². The molecule has 1 aromatic heterocycles. The quantitative estimate of drug-likeness (QED) is 0.840. The van der Waals surface area contributed by atoms with Crippen LogP contribution in [0.25, 0.3) is 10.9 Å². The zero-order chi connectivity index (χ0) is 15.7. The van der Waals surface area contributed by atoms with Gasteiger partial charge in [0.15, 0.2) is 11.6 Å². The molecule has 1 saturated heterocycles. The monoisotopic (exact) mass is 304 g/mol. The number of methoxy groups -OCH3 is 1. The zero-order valence-corrected chi connectivity index (χ0v) is 12.5. The molecule has 6 nitrogen and oxygen atoms in total. The Morgan fingerprint density at radius 3 is 2.82 bits per heavy atom. The molecule has 0 saturated carbocycles. The van der Waals surface area contributed by atoms with E-state index in [2.05, 4.69) is 9.97 Å². The minimum atomic E-state index is -0.453. The minimum Gasteiger partial charge on any atom is -0.494 e. The van der Waals surface area contributed by atoms with E-state index < -0.39 is 5.82 Å². The third kappa shape index (κ3) is 2.54. The fraction of sp³-hybridized carbons (Fsp3) is 0.400. The van der Waals surface area contributed by atoms with E-state index in [1.54, 1.807) is 18.0 Å². The highest BCUT2D eigenvalue weighted by molar-refractivity contribution is 5.91. The number of hydrogen-bond acceptors (Lipinski definition) is 5. The number of nitrogens with zero attached hydrogens (tertiary/aromatic N) is 4. The van der Waals surface area contributed by atoms with Crippen LogP contribution in [-0.4, -0.2) is 54.6 Å². The molecule has 2 heterocycles. The van der Waals surface area contributed by atoms with Gasteiger partial charge in [0.05, 0.1) is 12.6 Å². The Morgan fingerprint density at radius 2 is 2.05 bits per heavy atom. The molecule has 0 atom stereocenters. The van der Waals surface area contributed by atoms with Gasteiger partial charge in [0.2, 0.25) is 5.91 Å². The normalized spacial score (nSPS) is 16.0. The summed E-state index contributed by atoms with van der Waals surface area (Å²) < 4.78 is 18.9. The van der Waals surface area contributed by atoms with E-state index in [1.807, 2.05) is 4.90 Å². The number of rotatable bonds is 2. The Kier molecular flexibility index (Phi) is 3.79. The van der Waals surface area contributed by atoms with Gasteiger partial charge in [-0.15, -0.1) is 0 Å². The lowest BCUT2D eigenvalue weighted by Crippen LogP contribution is -2.30. The van der Waals surface area contributed by atoms with Gasteiger partial charge in [-0.05, 0) is 6.07 Å². The third-order valence-electron chi connectivity index (χ3n) is 3.91. The minimum absolute atomic E-state index is 0.115. The average molecular weight is 304 g/mol. The van der Waals surface area contributed by atoms with Crippen LogP contribution in [0.3, 0.4) is 0 Å². The summed E-state index contributed by atoms with van der Waals surface area (Å²) in [5.74, 6) is 0.521. The van der Waals surface area contributed by atoms with Gasteiger partial charge in [-0.25, -0.2) is 14.4 Å². The first kappa shape index (κ1) is 14.5. The lowest BCUT2D eigenvalue weighted by atomic mass is 10.2. The van der Waals surface area contributed by atoms with Crippen molar-refractivity contribution in [3.05, 3.63) is 24.3 Å². The molecule has 1 amide bonds. The maximum absolute atomic E-state index is 13.8. The highest BCUT2D eigenvalue weighted by Crippen LogP contribution is 2.29. The predicted octanol–water partition coefficient (Wildman–Crippen LogP) is 1.45. The number of likely N-dealkylation sites (N-methyl/N-ethyl adjacent to an activating group) is 1. The molecule has 22 heavy (non-hydrogen) atoms.